The molecule has 3 atom stereocenters. The van der Waals surface area contributed by atoms with E-state index in [0.29, 0.717) is 5.92 Å². The molecule has 0 heterocycles. The minimum absolute atomic E-state index is 0.00297. The third-order valence-corrected chi connectivity index (χ3v) is 11.1. The van der Waals surface area contributed by atoms with Crippen LogP contribution >= 0.6 is 12.6 Å². The molecule has 1 aromatic rings. The topological polar surface area (TPSA) is 21.3 Å². The first kappa shape index (κ1) is 23.8. The number of hydrogen-bond donors (Lipinski definition) is 2. The number of thiol groups is 1. The summed E-state index contributed by atoms with van der Waals surface area (Å²) in [6.45, 7) is 10.9. The molecule has 2 rings (SSSR count). The van der Waals surface area contributed by atoms with Crippen molar-refractivity contribution in [1.82, 2.24) is 5.32 Å². The van der Waals surface area contributed by atoms with Gasteiger partial charge in [0.05, 0.1) is 6.61 Å². The Morgan fingerprint density at radius 3 is 2.18 bits per heavy atom. The Morgan fingerprint density at radius 2 is 1.71 bits per heavy atom. The number of halogens is 3. The van der Waals surface area contributed by atoms with Gasteiger partial charge in [-0.05, 0) is 36.0 Å². The molecule has 0 spiro atoms. The van der Waals surface area contributed by atoms with Crippen molar-refractivity contribution >= 4 is 20.9 Å². The van der Waals surface area contributed by atoms with Gasteiger partial charge < -0.3 is 4.43 Å². The van der Waals surface area contributed by atoms with E-state index in [2.05, 4.69) is 39.2 Å². The molecule has 2 nitrogen and oxygen atoms in total. The molecule has 1 aliphatic carbocycles. The normalized spacial score (nSPS) is 19.3. The van der Waals surface area contributed by atoms with Gasteiger partial charge in [0.15, 0.2) is 8.32 Å². The monoisotopic (exact) mass is 433 g/mol. The average molecular weight is 434 g/mol. The van der Waals surface area contributed by atoms with Gasteiger partial charge in [-0.1, -0.05) is 63.9 Å². The van der Waals surface area contributed by atoms with Crippen molar-refractivity contribution in [1.29, 1.82) is 0 Å². The zero-order valence-corrected chi connectivity index (χ0v) is 19.4. The Labute approximate surface area is 174 Å². The molecule has 1 aromatic carbocycles. The van der Waals surface area contributed by atoms with Crippen molar-refractivity contribution in [2.24, 2.45) is 5.92 Å². The summed E-state index contributed by atoms with van der Waals surface area (Å²) in [6.07, 6.45) is -1.27. The minimum atomic E-state index is -4.39. The first-order chi connectivity index (χ1) is 12.8. The second-order valence-corrected chi connectivity index (χ2v) is 14.9. The summed E-state index contributed by atoms with van der Waals surface area (Å²) in [4.78, 5) is 0. The van der Waals surface area contributed by atoms with E-state index in [0.717, 1.165) is 19.3 Å². The summed E-state index contributed by atoms with van der Waals surface area (Å²) in [5, 5.41) is 2.69. The van der Waals surface area contributed by atoms with E-state index in [9.17, 15) is 13.2 Å². The van der Waals surface area contributed by atoms with E-state index in [1.807, 2.05) is 0 Å². The Morgan fingerprint density at radius 1 is 1.14 bits per heavy atom. The molecule has 0 bridgehead atoms. The molecule has 1 fully saturated rings. The quantitative estimate of drug-likeness (QED) is 0.349. The van der Waals surface area contributed by atoms with Gasteiger partial charge in [0.25, 0.3) is 0 Å². The Bertz CT molecular complexity index is 614. The smallest absolute Gasteiger partial charge is 0.407 e. The summed E-state index contributed by atoms with van der Waals surface area (Å²) < 4.78 is 47.8. The maximum atomic E-state index is 13.8. The maximum absolute atomic E-state index is 13.8. The molecule has 1 N–H and O–H groups in total. The van der Waals surface area contributed by atoms with Gasteiger partial charge in [-0.25, -0.2) is 0 Å². The molecule has 0 amide bonds. The van der Waals surface area contributed by atoms with E-state index >= 15 is 0 Å². The first-order valence-electron chi connectivity index (χ1n) is 10.0. The van der Waals surface area contributed by atoms with Crippen molar-refractivity contribution in [2.45, 2.75) is 81.7 Å². The highest BCUT2D eigenvalue weighted by Gasteiger charge is 2.44. The summed E-state index contributed by atoms with van der Waals surface area (Å²) in [6, 6.07) is 5.85. The maximum Gasteiger partial charge on any atom is 0.407 e. The van der Waals surface area contributed by atoms with Gasteiger partial charge in [-0.2, -0.15) is 25.8 Å². The van der Waals surface area contributed by atoms with Crippen LogP contribution in [0.1, 0.15) is 51.6 Å². The SMILES string of the molecule is CC(C)(C)[Si](C)(C)OCC(N[C@@H](c1ccccc1)C(F)(F)F)[C@H](S)CC1CC1. The van der Waals surface area contributed by atoms with E-state index in [1.165, 1.54) is 12.1 Å². The molecule has 0 aliphatic heterocycles. The number of hydrogen-bond acceptors (Lipinski definition) is 3. The lowest BCUT2D eigenvalue weighted by Gasteiger charge is -2.39. The van der Waals surface area contributed by atoms with Crippen LogP contribution in [0, 0.1) is 5.92 Å². The van der Waals surface area contributed by atoms with Crippen molar-refractivity contribution < 1.29 is 17.6 Å². The summed E-state index contributed by atoms with van der Waals surface area (Å²) in [7, 11) is -2.07. The molecule has 28 heavy (non-hydrogen) atoms. The van der Waals surface area contributed by atoms with Crippen LogP contribution < -0.4 is 5.32 Å². The lowest BCUT2D eigenvalue weighted by atomic mass is 10.0. The van der Waals surface area contributed by atoms with Gasteiger partial charge in [-0.15, -0.1) is 0 Å². The molecular weight excluding hydrogens is 399 g/mol. The predicted octanol–water partition coefficient (Wildman–Crippen LogP) is 6.37. The van der Waals surface area contributed by atoms with E-state index in [1.54, 1.807) is 18.2 Å². The first-order valence-corrected chi connectivity index (χ1v) is 13.4. The number of rotatable bonds is 9. The Balaban J connectivity index is 2.19. The van der Waals surface area contributed by atoms with Crippen molar-refractivity contribution in [3.63, 3.8) is 0 Å². The van der Waals surface area contributed by atoms with Crippen LogP contribution in [0.15, 0.2) is 30.3 Å². The second-order valence-electron chi connectivity index (χ2n) is 9.48. The fraction of sp³-hybridized carbons (Fsp3) is 0.714. The van der Waals surface area contributed by atoms with Gasteiger partial charge in [0, 0.05) is 11.3 Å². The van der Waals surface area contributed by atoms with Gasteiger partial charge in [0.1, 0.15) is 6.04 Å². The second kappa shape index (κ2) is 9.10. The Hall–Kier alpha value is -0.503. The van der Waals surface area contributed by atoms with Crippen LogP contribution in [-0.2, 0) is 4.43 Å². The van der Waals surface area contributed by atoms with E-state index in [4.69, 9.17) is 17.1 Å². The third-order valence-electron chi connectivity index (χ3n) is 6.01. The van der Waals surface area contributed by atoms with E-state index < -0.39 is 26.6 Å². The van der Waals surface area contributed by atoms with E-state index in [-0.39, 0.29) is 22.5 Å². The largest absolute Gasteiger partial charge is 0.415 e. The molecule has 160 valence electrons. The predicted molar refractivity (Wildman–Crippen MR) is 115 cm³/mol. The van der Waals surface area contributed by atoms with Gasteiger partial charge >= 0.3 is 6.18 Å². The molecule has 1 saturated carbocycles. The van der Waals surface area contributed by atoms with Crippen LogP contribution in [0.5, 0.6) is 0 Å². The third kappa shape index (κ3) is 6.78. The molecule has 7 heteroatoms. The van der Waals surface area contributed by atoms with Gasteiger partial charge in [0.2, 0.25) is 0 Å². The highest BCUT2D eigenvalue weighted by molar-refractivity contribution is 7.81. The van der Waals surface area contributed by atoms with Crippen molar-refractivity contribution in [3.8, 4) is 0 Å². The zero-order chi connectivity index (χ0) is 21.2. The highest BCUT2D eigenvalue weighted by atomic mass is 32.1. The van der Waals surface area contributed by atoms with Crippen LogP contribution in [0.3, 0.4) is 0 Å². The number of benzene rings is 1. The van der Waals surface area contributed by atoms with Crippen LogP contribution in [0.4, 0.5) is 13.2 Å². The fourth-order valence-electron chi connectivity index (χ4n) is 2.88. The molecule has 0 radical (unpaired) electrons. The lowest BCUT2D eigenvalue weighted by molar-refractivity contribution is -0.160. The lowest BCUT2D eigenvalue weighted by Crippen LogP contribution is -2.51. The number of alkyl halides is 3. The highest BCUT2D eigenvalue weighted by Crippen LogP contribution is 2.39. The molecule has 1 unspecified atom stereocenters. The number of nitrogens with one attached hydrogen (secondary N) is 1. The van der Waals surface area contributed by atoms with Gasteiger partial charge in [-0.3, -0.25) is 5.32 Å². The zero-order valence-electron chi connectivity index (χ0n) is 17.5. The summed E-state index contributed by atoms with van der Waals surface area (Å²) in [5.74, 6) is 0.584. The van der Waals surface area contributed by atoms with Crippen molar-refractivity contribution in [2.75, 3.05) is 6.61 Å². The molecular formula is C21H34F3NOSSi. The molecule has 0 aromatic heterocycles. The summed E-state index contributed by atoms with van der Waals surface area (Å²) >= 11 is 4.70. The molecule has 0 saturated heterocycles. The summed E-state index contributed by atoms with van der Waals surface area (Å²) in [5.41, 5.74) is 0.222. The van der Waals surface area contributed by atoms with Crippen LogP contribution in [0.25, 0.3) is 0 Å². The Kier molecular flexibility index (Phi) is 7.73. The molecule has 1 aliphatic rings. The van der Waals surface area contributed by atoms with Crippen LogP contribution in [-0.4, -0.2) is 32.4 Å². The van der Waals surface area contributed by atoms with Crippen LogP contribution in [0.2, 0.25) is 18.1 Å². The fourth-order valence-corrected chi connectivity index (χ4v) is 4.38. The average Bonchev–Trinajstić information content (AvgIpc) is 3.37. The standard InChI is InChI=1S/C21H34F3NOSSi/c1-20(2,3)28(4,5)26-14-17(18(27)13-15-11-12-15)25-19(21(22,23)24)16-9-7-6-8-10-16/h6-10,15,17-19,25,27H,11-14H2,1-5H3/t17?,18-,19+/m1/s1. The van der Waals surface area contributed by atoms with Crippen molar-refractivity contribution in [3.05, 3.63) is 35.9 Å². The minimum Gasteiger partial charge on any atom is -0.415 e.